The van der Waals surface area contributed by atoms with Gasteiger partial charge in [-0.2, -0.15) is 0 Å². The molecule has 2 atom stereocenters. The van der Waals surface area contributed by atoms with Gasteiger partial charge in [-0.15, -0.1) is 0 Å². The highest BCUT2D eigenvalue weighted by molar-refractivity contribution is 5.89. The van der Waals surface area contributed by atoms with Gasteiger partial charge in [0.2, 0.25) is 0 Å². The molecule has 0 radical (unpaired) electrons. The fourth-order valence-corrected chi connectivity index (χ4v) is 2.53. The van der Waals surface area contributed by atoms with Crippen LogP contribution in [0, 0.1) is 5.92 Å². The molecule has 0 bridgehead atoms. The first-order valence-corrected chi connectivity index (χ1v) is 7.31. The van der Waals surface area contributed by atoms with E-state index in [1.807, 2.05) is 48.5 Å². The maximum Gasteiger partial charge on any atom is 0.338 e. The Hall–Kier alpha value is -2.17. The summed E-state index contributed by atoms with van der Waals surface area (Å²) in [5, 5.41) is 0. The van der Waals surface area contributed by atoms with Gasteiger partial charge in [0.25, 0.3) is 0 Å². The fraction of sp³-hybridized carbons (Fsp3) is 0.278. The second kappa shape index (κ2) is 7.20. The van der Waals surface area contributed by atoms with Crippen molar-refractivity contribution in [2.75, 3.05) is 20.0 Å². The van der Waals surface area contributed by atoms with Crippen LogP contribution >= 0.6 is 0 Å². The molecule has 3 rings (SSSR count). The van der Waals surface area contributed by atoms with Gasteiger partial charge in [-0.1, -0.05) is 48.5 Å². The Bertz CT molecular complexity index is 597. The molecule has 2 aromatic carbocycles. The SMILES string of the molecule is O=C(OCC1COCOC1c1ccccc1)c1ccccc1. The van der Waals surface area contributed by atoms with Gasteiger partial charge in [-0.25, -0.2) is 4.79 Å². The van der Waals surface area contributed by atoms with Crippen molar-refractivity contribution >= 4 is 5.97 Å². The summed E-state index contributed by atoms with van der Waals surface area (Å²) in [6.07, 6.45) is -0.112. The summed E-state index contributed by atoms with van der Waals surface area (Å²) in [5.74, 6) is -0.332. The first-order chi connectivity index (χ1) is 10.8. The fourth-order valence-electron chi connectivity index (χ4n) is 2.53. The van der Waals surface area contributed by atoms with Crippen LogP contribution in [0.25, 0.3) is 0 Å². The normalized spacial score (nSPS) is 21.3. The minimum atomic E-state index is -0.321. The van der Waals surface area contributed by atoms with Crippen molar-refractivity contribution in [3.63, 3.8) is 0 Å². The molecule has 2 unspecified atom stereocenters. The third-order valence-corrected chi connectivity index (χ3v) is 3.66. The van der Waals surface area contributed by atoms with Gasteiger partial charge in [0.1, 0.15) is 6.79 Å². The number of ether oxygens (including phenoxy) is 3. The van der Waals surface area contributed by atoms with Crippen LogP contribution in [-0.4, -0.2) is 26.0 Å². The molecule has 4 heteroatoms. The Morgan fingerprint density at radius 1 is 1.05 bits per heavy atom. The van der Waals surface area contributed by atoms with Crippen molar-refractivity contribution in [2.24, 2.45) is 5.92 Å². The lowest BCUT2D eigenvalue weighted by atomic mass is 9.96. The molecule has 0 spiro atoms. The zero-order chi connectivity index (χ0) is 15.2. The Morgan fingerprint density at radius 3 is 2.45 bits per heavy atom. The summed E-state index contributed by atoms with van der Waals surface area (Å²) >= 11 is 0. The number of rotatable bonds is 4. The van der Waals surface area contributed by atoms with Crippen LogP contribution in [0.5, 0.6) is 0 Å². The molecule has 4 nitrogen and oxygen atoms in total. The highest BCUT2D eigenvalue weighted by Crippen LogP contribution is 2.30. The van der Waals surface area contributed by atoms with Crippen molar-refractivity contribution in [1.82, 2.24) is 0 Å². The van der Waals surface area contributed by atoms with E-state index in [0.717, 1.165) is 5.56 Å². The van der Waals surface area contributed by atoms with E-state index in [0.29, 0.717) is 12.2 Å². The molecule has 0 amide bonds. The quantitative estimate of drug-likeness (QED) is 0.813. The van der Waals surface area contributed by atoms with Gasteiger partial charge in [0, 0.05) is 5.92 Å². The maximum atomic E-state index is 12.0. The van der Waals surface area contributed by atoms with E-state index in [9.17, 15) is 4.79 Å². The first kappa shape index (κ1) is 14.8. The van der Waals surface area contributed by atoms with Crippen molar-refractivity contribution in [2.45, 2.75) is 6.10 Å². The second-order valence-electron chi connectivity index (χ2n) is 5.21. The van der Waals surface area contributed by atoms with E-state index < -0.39 is 0 Å². The molecule has 1 heterocycles. The molecular weight excluding hydrogens is 280 g/mol. The predicted octanol–water partition coefficient (Wildman–Crippen LogP) is 3.21. The smallest absolute Gasteiger partial charge is 0.338 e. The molecule has 0 N–H and O–H groups in total. The first-order valence-electron chi connectivity index (χ1n) is 7.31. The molecule has 114 valence electrons. The number of hydrogen-bond acceptors (Lipinski definition) is 4. The lowest BCUT2D eigenvalue weighted by Crippen LogP contribution is -2.32. The van der Waals surface area contributed by atoms with Crippen molar-refractivity contribution < 1.29 is 19.0 Å². The van der Waals surface area contributed by atoms with Gasteiger partial charge < -0.3 is 14.2 Å². The zero-order valence-electron chi connectivity index (χ0n) is 12.2. The summed E-state index contributed by atoms with van der Waals surface area (Å²) < 4.78 is 16.5. The van der Waals surface area contributed by atoms with E-state index in [4.69, 9.17) is 14.2 Å². The maximum absolute atomic E-state index is 12.0. The Kier molecular flexibility index (Phi) is 4.83. The summed E-state index contributed by atoms with van der Waals surface area (Å²) in [6, 6.07) is 18.9. The number of hydrogen-bond donors (Lipinski definition) is 0. The topological polar surface area (TPSA) is 44.8 Å². The average Bonchev–Trinajstić information content (AvgIpc) is 2.61. The minimum absolute atomic E-state index is 0.0104. The summed E-state index contributed by atoms with van der Waals surface area (Å²) in [7, 11) is 0. The van der Waals surface area contributed by atoms with Crippen LogP contribution in [0.1, 0.15) is 22.0 Å². The number of esters is 1. The zero-order valence-corrected chi connectivity index (χ0v) is 12.2. The number of carbonyl (C=O) groups excluding carboxylic acids is 1. The molecule has 2 aromatic rings. The molecule has 1 fully saturated rings. The second-order valence-corrected chi connectivity index (χ2v) is 5.21. The van der Waals surface area contributed by atoms with Gasteiger partial charge in [-0.3, -0.25) is 0 Å². The van der Waals surface area contributed by atoms with Crippen LogP contribution in [0.15, 0.2) is 60.7 Å². The Balaban J connectivity index is 1.64. The van der Waals surface area contributed by atoms with E-state index in [2.05, 4.69) is 0 Å². The monoisotopic (exact) mass is 298 g/mol. The third-order valence-electron chi connectivity index (χ3n) is 3.66. The Morgan fingerprint density at radius 2 is 1.73 bits per heavy atom. The lowest BCUT2D eigenvalue weighted by Gasteiger charge is -2.31. The van der Waals surface area contributed by atoms with E-state index in [1.165, 1.54) is 0 Å². The van der Waals surface area contributed by atoms with Crippen molar-refractivity contribution in [3.8, 4) is 0 Å². The van der Waals surface area contributed by atoms with Gasteiger partial charge in [0.05, 0.1) is 24.9 Å². The number of benzene rings is 2. The van der Waals surface area contributed by atoms with Crippen LogP contribution in [-0.2, 0) is 14.2 Å². The molecule has 0 aromatic heterocycles. The molecule has 22 heavy (non-hydrogen) atoms. The summed E-state index contributed by atoms with van der Waals surface area (Å²) in [5.41, 5.74) is 1.63. The van der Waals surface area contributed by atoms with Crippen LogP contribution in [0.2, 0.25) is 0 Å². The molecule has 1 aliphatic heterocycles. The molecular formula is C18H18O4. The molecule has 1 aliphatic rings. The summed E-state index contributed by atoms with van der Waals surface area (Å²) in [4.78, 5) is 12.0. The van der Waals surface area contributed by atoms with Crippen LogP contribution in [0.4, 0.5) is 0 Å². The van der Waals surface area contributed by atoms with Crippen LogP contribution < -0.4 is 0 Å². The molecule has 0 saturated carbocycles. The van der Waals surface area contributed by atoms with Crippen LogP contribution in [0.3, 0.4) is 0 Å². The lowest BCUT2D eigenvalue weighted by molar-refractivity contribution is -0.180. The Labute approximate surface area is 129 Å². The third kappa shape index (κ3) is 3.53. The highest BCUT2D eigenvalue weighted by Gasteiger charge is 2.29. The highest BCUT2D eigenvalue weighted by atomic mass is 16.7. The van der Waals surface area contributed by atoms with Crippen molar-refractivity contribution in [1.29, 1.82) is 0 Å². The molecule has 1 saturated heterocycles. The van der Waals surface area contributed by atoms with E-state index >= 15 is 0 Å². The van der Waals surface area contributed by atoms with Gasteiger partial charge in [0.15, 0.2) is 0 Å². The number of carbonyl (C=O) groups is 1. The minimum Gasteiger partial charge on any atom is -0.462 e. The van der Waals surface area contributed by atoms with E-state index in [1.54, 1.807) is 12.1 Å². The predicted molar refractivity (Wildman–Crippen MR) is 81.3 cm³/mol. The largest absolute Gasteiger partial charge is 0.462 e. The van der Waals surface area contributed by atoms with Gasteiger partial charge in [-0.05, 0) is 17.7 Å². The molecule has 0 aliphatic carbocycles. The van der Waals surface area contributed by atoms with Gasteiger partial charge >= 0.3 is 5.97 Å². The van der Waals surface area contributed by atoms with Crippen molar-refractivity contribution in [3.05, 3.63) is 71.8 Å². The van der Waals surface area contributed by atoms with E-state index in [-0.39, 0.29) is 31.4 Å². The average molecular weight is 298 g/mol. The standard InChI is InChI=1S/C18H18O4/c19-18(15-9-5-2-6-10-15)21-12-16-11-20-13-22-17(16)14-7-3-1-4-8-14/h1-10,16-17H,11-13H2. The summed E-state index contributed by atoms with van der Waals surface area (Å²) in [6.45, 7) is 1.05.